The van der Waals surface area contributed by atoms with Gasteiger partial charge in [0, 0.05) is 19.9 Å². The zero-order chi connectivity index (χ0) is 45.0. The monoisotopic (exact) mass is 871 g/mol. The van der Waals surface area contributed by atoms with Crippen molar-refractivity contribution in [3.8, 4) is 0 Å². The first-order valence-corrected chi connectivity index (χ1v) is 25.6. The zero-order valence-corrected chi connectivity index (χ0v) is 39.9. The summed E-state index contributed by atoms with van der Waals surface area (Å²) in [6.07, 6.45) is 45.6. The van der Waals surface area contributed by atoms with Crippen molar-refractivity contribution >= 4 is 11.8 Å². The van der Waals surface area contributed by atoms with Gasteiger partial charge < -0.3 is 37.1 Å². The summed E-state index contributed by atoms with van der Waals surface area (Å²) >= 11 is 0. The normalized spacial score (nSPS) is 19.5. The van der Waals surface area contributed by atoms with Gasteiger partial charge in [0.2, 0.25) is 11.8 Å². The van der Waals surface area contributed by atoms with Gasteiger partial charge in [0.15, 0.2) is 6.29 Å². The molecule has 61 heavy (non-hydrogen) atoms. The SMILES string of the molecule is CCCCCCCC/C=C\CCCCCCCCCCCCCC(N)=O.CCCCCCCCCCCCCCCC(O)CCOC1OC(CNC(C)=O)C(N)C(OF)C1N. The minimum atomic E-state index is -1.11. The number of halogens is 1. The molecule has 1 heterocycles. The molecule has 1 rings (SSSR count). The van der Waals surface area contributed by atoms with Crippen LogP contribution in [0.1, 0.15) is 245 Å². The smallest absolute Gasteiger partial charge is 0.217 e. The molecule has 1 saturated heterocycles. The molecule has 8 N–H and O–H groups in total. The Morgan fingerprint density at radius 3 is 1.46 bits per heavy atom. The Morgan fingerprint density at radius 2 is 1.05 bits per heavy atom. The molecule has 6 atom stereocenters. The zero-order valence-electron chi connectivity index (χ0n) is 39.9. The summed E-state index contributed by atoms with van der Waals surface area (Å²) < 4.78 is 24.5. The van der Waals surface area contributed by atoms with Gasteiger partial charge in [-0.25, -0.2) is 0 Å². The third kappa shape index (κ3) is 38.5. The Kier molecular flexibility index (Phi) is 43.8. The summed E-state index contributed by atoms with van der Waals surface area (Å²) in [5, 5.41) is 12.9. The first-order chi connectivity index (χ1) is 29.7. The van der Waals surface area contributed by atoms with E-state index in [0.717, 1.165) is 32.1 Å². The van der Waals surface area contributed by atoms with Crippen molar-refractivity contribution in [1.29, 1.82) is 0 Å². The van der Waals surface area contributed by atoms with E-state index in [2.05, 4.69) is 36.3 Å². The van der Waals surface area contributed by atoms with E-state index >= 15 is 0 Å². The maximum Gasteiger partial charge on any atom is 0.217 e. The number of aliphatic hydroxyl groups is 1. The molecule has 0 aromatic rings. The van der Waals surface area contributed by atoms with Crippen LogP contribution in [0.3, 0.4) is 0 Å². The summed E-state index contributed by atoms with van der Waals surface area (Å²) in [5.41, 5.74) is 17.1. The van der Waals surface area contributed by atoms with Gasteiger partial charge >= 0.3 is 0 Å². The molecule has 0 saturated carbocycles. The van der Waals surface area contributed by atoms with Crippen LogP contribution in [-0.4, -0.2) is 66.8 Å². The number of nitrogens with two attached hydrogens (primary N) is 3. The van der Waals surface area contributed by atoms with Gasteiger partial charge in [0.25, 0.3) is 0 Å². The lowest BCUT2D eigenvalue weighted by Gasteiger charge is -2.41. The molecule has 2 amide bonds. The van der Waals surface area contributed by atoms with Crippen LogP contribution in [0.25, 0.3) is 0 Å². The lowest BCUT2D eigenvalue weighted by atomic mass is 9.95. The second-order valence-corrected chi connectivity index (χ2v) is 18.0. The van der Waals surface area contributed by atoms with Crippen LogP contribution in [-0.2, 0) is 24.0 Å². The van der Waals surface area contributed by atoms with Gasteiger partial charge in [-0.05, 0) is 49.5 Å². The van der Waals surface area contributed by atoms with E-state index in [1.54, 1.807) is 0 Å². The van der Waals surface area contributed by atoms with E-state index in [-0.39, 0.29) is 25.0 Å². The lowest BCUT2D eigenvalue weighted by molar-refractivity contribution is -0.281. The average molecular weight is 871 g/mol. The molecule has 11 heteroatoms. The average Bonchev–Trinajstić information content (AvgIpc) is 3.23. The Labute approximate surface area is 374 Å². The molecule has 10 nitrogen and oxygen atoms in total. The predicted octanol–water partition coefficient (Wildman–Crippen LogP) is 11.9. The fourth-order valence-corrected chi connectivity index (χ4v) is 7.97. The van der Waals surface area contributed by atoms with Crippen molar-refractivity contribution in [3.05, 3.63) is 12.2 Å². The van der Waals surface area contributed by atoms with E-state index in [9.17, 15) is 19.2 Å². The van der Waals surface area contributed by atoms with Crippen LogP contribution in [0.2, 0.25) is 0 Å². The first-order valence-electron chi connectivity index (χ1n) is 25.6. The Balaban J connectivity index is 0.00000124. The van der Waals surface area contributed by atoms with Crippen LogP contribution in [0.5, 0.6) is 0 Å². The Morgan fingerprint density at radius 1 is 0.639 bits per heavy atom. The number of nitrogens with one attached hydrogen (secondary N) is 1. The predicted molar refractivity (Wildman–Crippen MR) is 253 cm³/mol. The molecule has 1 aliphatic rings. The first kappa shape index (κ1) is 59.4. The van der Waals surface area contributed by atoms with Crippen molar-refractivity contribution < 1.29 is 33.6 Å². The molecule has 1 aliphatic heterocycles. The highest BCUT2D eigenvalue weighted by molar-refractivity contribution is 5.73. The summed E-state index contributed by atoms with van der Waals surface area (Å²) in [4.78, 5) is 25.8. The molecule has 0 radical (unpaired) electrons. The van der Waals surface area contributed by atoms with Crippen molar-refractivity contribution in [2.45, 2.75) is 282 Å². The minimum Gasteiger partial charge on any atom is -0.393 e. The number of rotatable bonds is 42. The Bertz CT molecular complexity index is 994. The number of ether oxygens (including phenoxy) is 2. The molecule has 0 spiro atoms. The summed E-state index contributed by atoms with van der Waals surface area (Å²) in [7, 11) is 0. The number of allylic oxidation sites excluding steroid dienone is 2. The molecule has 0 aromatic carbocycles. The topological polar surface area (TPSA) is 172 Å². The minimum absolute atomic E-state index is 0.102. The van der Waals surface area contributed by atoms with Gasteiger partial charge in [0.05, 0.1) is 30.9 Å². The number of amides is 2. The molecular weight excluding hydrogens is 772 g/mol. The molecule has 0 bridgehead atoms. The van der Waals surface area contributed by atoms with Crippen LogP contribution in [0, 0.1) is 0 Å². The van der Waals surface area contributed by atoms with Crippen LogP contribution in [0.15, 0.2) is 12.2 Å². The van der Waals surface area contributed by atoms with Crippen molar-refractivity contribution in [2.24, 2.45) is 17.2 Å². The molecule has 0 aromatic heterocycles. The summed E-state index contributed by atoms with van der Waals surface area (Å²) in [6, 6.07) is -1.76. The van der Waals surface area contributed by atoms with E-state index in [0.29, 0.717) is 12.8 Å². The molecule has 1 fully saturated rings. The van der Waals surface area contributed by atoms with Crippen molar-refractivity contribution in [2.75, 3.05) is 13.2 Å². The van der Waals surface area contributed by atoms with Gasteiger partial charge in [-0.1, -0.05) is 199 Å². The second-order valence-electron chi connectivity index (χ2n) is 18.0. The van der Waals surface area contributed by atoms with E-state index < -0.39 is 36.7 Å². The highest BCUT2D eigenvalue weighted by atomic mass is 19.3. The van der Waals surface area contributed by atoms with Crippen molar-refractivity contribution in [1.82, 2.24) is 5.32 Å². The van der Waals surface area contributed by atoms with Gasteiger partial charge in [-0.2, -0.15) is 4.94 Å². The van der Waals surface area contributed by atoms with Crippen molar-refractivity contribution in [3.63, 3.8) is 0 Å². The third-order valence-electron chi connectivity index (χ3n) is 12.0. The number of unbranched alkanes of at least 4 members (excludes halogenated alkanes) is 29. The number of carbonyl (C=O) groups excluding carboxylic acids is 2. The highest BCUT2D eigenvalue weighted by Crippen LogP contribution is 2.23. The molecule has 362 valence electrons. The van der Waals surface area contributed by atoms with E-state index in [1.165, 1.54) is 187 Å². The lowest BCUT2D eigenvalue weighted by Crippen LogP contribution is -2.66. The Hall–Kier alpha value is -1.63. The standard InChI is InChI=1S/C26H52FN3O5.C24H47NO/c1-3-4-5-6-7-8-9-10-11-12-13-14-15-16-21(32)17-18-33-26-24(29)25(35-27)23(28)22(34-26)19-30-20(2)31;1-2-3-4-5-6-7-8-9-10-11-12-13-14-15-16-17-18-19-20-21-22-23-24(25)26/h21-26,32H,3-19,28-29H2,1-2H3,(H,30,31);9-10H,2-8,11-23H2,1H3,(H2,25,26)/b;10-9-. The van der Waals surface area contributed by atoms with Gasteiger partial charge in [0.1, 0.15) is 6.10 Å². The van der Waals surface area contributed by atoms with Gasteiger partial charge in [-0.3, -0.25) is 9.59 Å². The van der Waals surface area contributed by atoms with E-state index in [1.807, 2.05) is 0 Å². The fraction of sp³-hybridized carbons (Fsp3) is 0.920. The maximum absolute atomic E-state index is 13.0. The van der Waals surface area contributed by atoms with Crippen LogP contribution in [0.4, 0.5) is 4.53 Å². The molecule has 0 aliphatic carbocycles. The van der Waals surface area contributed by atoms with Gasteiger partial charge in [-0.15, -0.1) is 0 Å². The summed E-state index contributed by atoms with van der Waals surface area (Å²) in [6.45, 7) is 6.23. The van der Waals surface area contributed by atoms with Crippen LogP contribution >= 0.6 is 0 Å². The third-order valence-corrected chi connectivity index (χ3v) is 12.0. The number of hydrogen-bond donors (Lipinski definition) is 5. The summed E-state index contributed by atoms with van der Waals surface area (Å²) in [5.74, 6) is -0.402. The van der Waals surface area contributed by atoms with E-state index in [4.69, 9.17) is 26.7 Å². The number of primary amides is 1. The molecular formula is C50H99FN4O6. The number of aliphatic hydroxyl groups excluding tert-OH is 1. The quantitative estimate of drug-likeness (QED) is 0.0298. The van der Waals surface area contributed by atoms with Crippen LogP contribution < -0.4 is 22.5 Å². The fourth-order valence-electron chi connectivity index (χ4n) is 7.97. The second kappa shape index (κ2) is 45.0. The largest absolute Gasteiger partial charge is 0.393 e. The number of carbonyl (C=O) groups is 2. The highest BCUT2D eigenvalue weighted by Gasteiger charge is 2.44. The number of hydrogen-bond acceptors (Lipinski definition) is 8. The molecule has 6 unspecified atom stereocenters. The maximum atomic E-state index is 13.0.